The second kappa shape index (κ2) is 12.2. The molecule has 0 spiro atoms. The molecule has 0 saturated heterocycles. The van der Waals surface area contributed by atoms with E-state index in [4.69, 9.17) is 45.6 Å². The van der Waals surface area contributed by atoms with E-state index in [1.807, 2.05) is 0 Å². The van der Waals surface area contributed by atoms with Gasteiger partial charge in [-0.2, -0.15) is 15.5 Å². The van der Waals surface area contributed by atoms with Crippen LogP contribution in [-0.4, -0.2) is 21.3 Å². The van der Waals surface area contributed by atoms with Crippen LogP contribution in [0.2, 0.25) is 0 Å². The van der Waals surface area contributed by atoms with Crippen LogP contribution in [0.1, 0.15) is 0 Å². The van der Waals surface area contributed by atoms with Gasteiger partial charge in [0.25, 0.3) is 0 Å². The number of halogens is 3. The summed E-state index contributed by atoms with van der Waals surface area (Å²) in [6.45, 7) is 0. The van der Waals surface area contributed by atoms with Gasteiger partial charge >= 0.3 is 7.82 Å². The molecule has 0 fully saturated rings. The maximum atomic E-state index is 14.5. The summed E-state index contributed by atoms with van der Waals surface area (Å²) in [6, 6.07) is 10.2. The molecule has 0 heterocycles. The van der Waals surface area contributed by atoms with Crippen LogP contribution in [-0.2, 0) is 18.4 Å². The minimum Gasteiger partial charge on any atom is -0.497 e. The van der Waals surface area contributed by atoms with Crippen molar-refractivity contribution in [2.24, 2.45) is 17.5 Å². The number of hydrazine groups is 3. The van der Waals surface area contributed by atoms with Crippen LogP contribution in [0.3, 0.4) is 0 Å². The fourth-order valence-electron chi connectivity index (χ4n) is 2.88. The van der Waals surface area contributed by atoms with Crippen molar-refractivity contribution in [2.45, 2.75) is 0 Å². The van der Waals surface area contributed by atoms with Crippen molar-refractivity contribution in [3.05, 3.63) is 72.0 Å². The van der Waals surface area contributed by atoms with Crippen LogP contribution >= 0.6 is 7.82 Å². The Morgan fingerprint density at radius 1 is 0.579 bits per heavy atom. The Morgan fingerprint density at radius 3 is 1.05 bits per heavy atom. The molecule has 0 amide bonds. The maximum Gasteiger partial charge on any atom is 0.543 e. The zero-order valence-electron chi connectivity index (χ0n) is 20.2. The summed E-state index contributed by atoms with van der Waals surface area (Å²) >= 11 is 0. The molecule has 17 heteroatoms. The normalized spacial score (nSPS) is 11.2. The molecular weight excluding hydrogens is 536 g/mol. The molecule has 6 N–H and O–H groups in total. The molecule has 13 nitrogen and oxygen atoms in total. The summed E-state index contributed by atoms with van der Waals surface area (Å²) in [5.41, 5.74) is -1.38. The van der Waals surface area contributed by atoms with E-state index in [-0.39, 0.29) is 32.8 Å². The topological polar surface area (TPSA) is 160 Å². The van der Waals surface area contributed by atoms with Gasteiger partial charge in [-0.05, 0) is 36.4 Å². The van der Waals surface area contributed by atoms with Crippen LogP contribution in [0.4, 0.5) is 30.2 Å². The molecule has 0 saturated carbocycles. The molecule has 3 rings (SSSR count). The number of methoxy groups -OCH3 is 3. The van der Waals surface area contributed by atoms with Gasteiger partial charge in [-0.15, -0.1) is 13.9 Å². The summed E-state index contributed by atoms with van der Waals surface area (Å²) in [7, 11) is -1.26. The largest absolute Gasteiger partial charge is 0.543 e. The summed E-state index contributed by atoms with van der Waals surface area (Å²) in [6.07, 6.45) is 0. The molecule has 38 heavy (non-hydrogen) atoms. The van der Waals surface area contributed by atoms with Crippen molar-refractivity contribution in [1.82, 2.24) is 0 Å². The van der Waals surface area contributed by atoms with E-state index in [0.29, 0.717) is 0 Å². The first kappa shape index (κ1) is 28.8. The van der Waals surface area contributed by atoms with E-state index >= 15 is 0 Å². The van der Waals surface area contributed by atoms with Crippen molar-refractivity contribution in [1.29, 1.82) is 0 Å². The molecule has 0 aliphatic rings. The first-order valence-electron chi connectivity index (χ1n) is 10.3. The monoisotopic (exact) mass is 560 g/mol. The highest BCUT2D eigenvalue weighted by molar-refractivity contribution is 7.48. The number of benzene rings is 3. The number of hydrogen-bond acceptors (Lipinski definition) is 13. The molecule has 0 aliphatic heterocycles. The van der Waals surface area contributed by atoms with E-state index < -0.39 is 42.3 Å². The number of hydrogen-bond donors (Lipinski definition) is 3. The lowest BCUT2D eigenvalue weighted by Crippen LogP contribution is -2.39. The van der Waals surface area contributed by atoms with Gasteiger partial charge in [0.1, 0.15) is 34.3 Å². The van der Waals surface area contributed by atoms with Gasteiger partial charge < -0.3 is 14.2 Å². The van der Waals surface area contributed by atoms with Gasteiger partial charge in [0.15, 0.2) is 17.5 Å². The molecule has 0 atom stereocenters. The molecular formula is C21H24F3N6O7P. The van der Waals surface area contributed by atoms with Crippen LogP contribution in [0.15, 0.2) is 54.6 Å². The van der Waals surface area contributed by atoms with Crippen molar-refractivity contribution < 1.29 is 45.8 Å². The van der Waals surface area contributed by atoms with E-state index in [1.54, 1.807) is 0 Å². The minimum absolute atomic E-state index is 0.140. The second-order valence-corrected chi connectivity index (χ2v) is 8.51. The molecule has 3 aromatic rings. The molecule has 0 bridgehead atoms. The van der Waals surface area contributed by atoms with Gasteiger partial charge in [-0.25, -0.2) is 35.3 Å². The number of nitrogens with zero attached hydrogens (tertiary/aromatic N) is 3. The lowest BCUT2D eigenvalue weighted by atomic mass is 10.3. The zero-order chi connectivity index (χ0) is 28.0. The van der Waals surface area contributed by atoms with Crippen LogP contribution < -0.4 is 47.3 Å². The highest BCUT2D eigenvalue weighted by atomic mass is 31.2. The van der Waals surface area contributed by atoms with Crippen LogP contribution in [0.25, 0.3) is 0 Å². The summed E-state index contributed by atoms with van der Waals surface area (Å²) in [4.78, 5) is 0. The summed E-state index contributed by atoms with van der Waals surface area (Å²) in [5, 5.41) is 0.559. The Kier molecular flexibility index (Phi) is 9.24. The van der Waals surface area contributed by atoms with E-state index in [1.165, 1.54) is 39.5 Å². The maximum absolute atomic E-state index is 14.5. The van der Waals surface area contributed by atoms with Gasteiger partial charge in [0.05, 0.1) is 21.3 Å². The SMILES string of the molecule is COc1ccc(N(N)OP(=O)(ON(N)c2ccc(OC)cc2F)ON(N)c2ccc(OC)cc2F)c(F)c1. The highest BCUT2D eigenvalue weighted by Gasteiger charge is 2.38. The predicted molar refractivity (Wildman–Crippen MR) is 130 cm³/mol. The van der Waals surface area contributed by atoms with Gasteiger partial charge in [-0.1, -0.05) is 0 Å². The minimum atomic E-state index is -5.19. The number of rotatable bonds is 12. The molecule has 0 unspecified atom stereocenters. The average Bonchev–Trinajstić information content (AvgIpc) is 2.87. The van der Waals surface area contributed by atoms with Crippen LogP contribution in [0.5, 0.6) is 17.2 Å². The standard InChI is InChI=1S/C21H24F3N6O7P/c1-32-13-4-7-19(16(22)10-13)28(25)35-38(31,36-29(26)20-8-5-14(33-2)11-17(20)23)37-30(27)21-9-6-15(34-3)12-18(21)24/h4-12H,25-27H2,1-3H3. The highest BCUT2D eigenvalue weighted by Crippen LogP contribution is 2.52. The zero-order valence-corrected chi connectivity index (χ0v) is 21.1. The third-order valence-corrected chi connectivity index (χ3v) is 5.87. The number of ether oxygens (including phenoxy) is 3. The van der Waals surface area contributed by atoms with Crippen molar-refractivity contribution in [3.63, 3.8) is 0 Å². The number of phosphoric acid groups is 1. The third-order valence-electron chi connectivity index (χ3n) is 4.74. The number of nitrogens with two attached hydrogens (primary N) is 3. The summed E-state index contributed by atoms with van der Waals surface area (Å²) in [5.74, 6) is 14.7. The Balaban J connectivity index is 1.93. The molecule has 0 aromatic heterocycles. The quantitative estimate of drug-likeness (QED) is 0.168. The Labute approximate surface area is 214 Å². The van der Waals surface area contributed by atoms with Crippen molar-refractivity contribution >= 4 is 24.9 Å². The fraction of sp³-hybridized carbons (Fsp3) is 0.143. The number of anilines is 3. The fourth-order valence-corrected chi connectivity index (χ4v) is 3.88. The smallest absolute Gasteiger partial charge is 0.497 e. The van der Waals surface area contributed by atoms with Crippen molar-refractivity contribution in [2.75, 3.05) is 36.8 Å². The average molecular weight is 560 g/mol. The van der Waals surface area contributed by atoms with Crippen molar-refractivity contribution in [3.8, 4) is 17.2 Å². The Hall–Kier alpha value is -3.76. The lowest BCUT2D eigenvalue weighted by Gasteiger charge is -2.29. The van der Waals surface area contributed by atoms with Gasteiger partial charge in [0.2, 0.25) is 0 Å². The molecule has 3 aromatic carbocycles. The first-order chi connectivity index (χ1) is 18.0. The Morgan fingerprint density at radius 2 is 0.842 bits per heavy atom. The van der Waals surface area contributed by atoms with E-state index in [9.17, 15) is 17.7 Å². The van der Waals surface area contributed by atoms with Crippen LogP contribution in [0, 0.1) is 17.5 Å². The lowest BCUT2D eigenvalue weighted by molar-refractivity contribution is 0.0845. The van der Waals surface area contributed by atoms with E-state index in [2.05, 4.69) is 0 Å². The second-order valence-electron chi connectivity index (χ2n) is 7.12. The van der Waals surface area contributed by atoms with Gasteiger partial charge in [-0.3, -0.25) is 0 Å². The molecule has 206 valence electrons. The van der Waals surface area contributed by atoms with E-state index in [0.717, 1.165) is 36.4 Å². The first-order valence-corrected chi connectivity index (χ1v) is 11.8. The summed E-state index contributed by atoms with van der Waals surface area (Å²) < 4.78 is 87.0. The van der Waals surface area contributed by atoms with Gasteiger partial charge in [0, 0.05) is 18.2 Å². The molecule has 0 aliphatic carbocycles. The third kappa shape index (κ3) is 6.76. The Bertz CT molecular complexity index is 1170. The predicted octanol–water partition coefficient (Wildman–Crippen LogP) is 3.47. The molecule has 0 radical (unpaired) electrons.